The number of ether oxygens (including phenoxy) is 1. The Bertz CT molecular complexity index is 1130. The summed E-state index contributed by atoms with van der Waals surface area (Å²) in [5.41, 5.74) is 10.6. The third-order valence-electron chi connectivity index (χ3n) is 7.03. The number of fused-ring (bicyclic) bond motifs is 5. The van der Waals surface area contributed by atoms with E-state index in [1.165, 1.54) is 22.3 Å². The molecule has 0 aromatic heterocycles. The molecule has 2 aromatic carbocycles. The van der Waals surface area contributed by atoms with Crippen LogP contribution in [0.2, 0.25) is 0 Å². The lowest BCUT2D eigenvalue weighted by Gasteiger charge is -2.24. The van der Waals surface area contributed by atoms with Gasteiger partial charge in [-0.05, 0) is 86.6 Å². The SMILES string of the molecule is Cc1cc(C)c(C2=C[C@@H]3O[C@H]2[C@H]2C(O)=C(c4c(C)cc(C)cc4C)C(=O)[C@H]23)c(C)c1. The first-order chi connectivity index (χ1) is 14.2. The standard InChI is InChI=1S/C27H28O3/c1-12-7-14(3)20(15(4)8-12)18-11-19-22-24(27(18)30-19)26(29)23(25(22)28)21-16(5)9-13(2)10-17(21)6/h7-11,19,22,24,27,29H,1-6H3/t19-,22-,24+,27+/m0/s1. The van der Waals surface area contributed by atoms with Gasteiger partial charge >= 0.3 is 0 Å². The third-order valence-corrected chi connectivity index (χ3v) is 7.03. The maximum atomic E-state index is 13.5. The lowest BCUT2D eigenvalue weighted by Crippen LogP contribution is -2.28. The van der Waals surface area contributed by atoms with Crippen LogP contribution in [0, 0.1) is 53.4 Å². The molecule has 2 aromatic rings. The number of aliphatic hydroxyl groups is 1. The lowest BCUT2D eigenvalue weighted by molar-refractivity contribution is -0.118. The summed E-state index contributed by atoms with van der Waals surface area (Å²) in [6.07, 6.45) is 1.58. The smallest absolute Gasteiger partial charge is 0.173 e. The number of carbonyl (C=O) groups is 1. The molecular formula is C27H28O3. The molecule has 30 heavy (non-hydrogen) atoms. The van der Waals surface area contributed by atoms with E-state index in [1.54, 1.807) is 0 Å². The van der Waals surface area contributed by atoms with E-state index >= 15 is 0 Å². The Morgan fingerprint density at radius 3 is 1.80 bits per heavy atom. The Kier molecular flexibility index (Phi) is 4.14. The number of aliphatic hydroxyl groups excluding tert-OH is 1. The number of rotatable bonds is 2. The van der Waals surface area contributed by atoms with Crippen molar-refractivity contribution in [1.29, 1.82) is 0 Å². The van der Waals surface area contributed by atoms with E-state index in [0.717, 1.165) is 27.8 Å². The summed E-state index contributed by atoms with van der Waals surface area (Å²) in [6.45, 7) is 12.4. The minimum absolute atomic E-state index is 0.0210. The normalized spacial score (nSPS) is 27.1. The van der Waals surface area contributed by atoms with Gasteiger partial charge in [0.1, 0.15) is 5.76 Å². The Morgan fingerprint density at radius 1 is 0.767 bits per heavy atom. The number of ketones is 1. The summed E-state index contributed by atoms with van der Waals surface area (Å²) < 4.78 is 6.24. The molecule has 0 radical (unpaired) electrons. The molecule has 0 unspecified atom stereocenters. The minimum atomic E-state index is -0.320. The molecule has 2 aliphatic heterocycles. The molecule has 154 valence electrons. The lowest BCUT2D eigenvalue weighted by atomic mass is 9.77. The fraction of sp³-hybridized carbons (Fsp3) is 0.370. The molecule has 1 aliphatic carbocycles. The van der Waals surface area contributed by atoms with E-state index in [4.69, 9.17) is 4.74 Å². The van der Waals surface area contributed by atoms with Gasteiger partial charge in [0, 0.05) is 0 Å². The van der Waals surface area contributed by atoms with E-state index in [1.807, 2.05) is 13.8 Å². The van der Waals surface area contributed by atoms with Crippen molar-refractivity contribution in [3.63, 3.8) is 0 Å². The Balaban J connectivity index is 1.62. The van der Waals surface area contributed by atoms with Crippen LogP contribution in [0.3, 0.4) is 0 Å². The zero-order valence-electron chi connectivity index (χ0n) is 18.5. The second-order valence-corrected chi connectivity index (χ2v) is 9.37. The first-order valence-corrected chi connectivity index (χ1v) is 10.7. The van der Waals surface area contributed by atoms with E-state index < -0.39 is 0 Å². The van der Waals surface area contributed by atoms with Crippen molar-refractivity contribution in [2.45, 2.75) is 53.8 Å². The molecule has 2 bridgehead atoms. The number of carbonyl (C=O) groups excluding carboxylic acids is 1. The van der Waals surface area contributed by atoms with Crippen LogP contribution < -0.4 is 0 Å². The van der Waals surface area contributed by atoms with Crippen LogP contribution in [0.15, 0.2) is 36.1 Å². The predicted octanol–water partition coefficient (Wildman–Crippen LogP) is 5.49. The number of hydrogen-bond donors (Lipinski definition) is 1. The van der Waals surface area contributed by atoms with Gasteiger partial charge in [-0.25, -0.2) is 0 Å². The maximum absolute atomic E-state index is 13.5. The molecular weight excluding hydrogens is 372 g/mol. The average molecular weight is 401 g/mol. The van der Waals surface area contributed by atoms with Gasteiger partial charge in [-0.15, -0.1) is 0 Å². The zero-order valence-corrected chi connectivity index (χ0v) is 18.5. The number of Topliss-reactive ketones (excluding diaryl/α,β-unsaturated/α-hetero) is 1. The summed E-state index contributed by atoms with van der Waals surface area (Å²) >= 11 is 0. The zero-order chi connectivity index (χ0) is 21.5. The maximum Gasteiger partial charge on any atom is 0.173 e. The average Bonchev–Trinajstić information content (AvgIpc) is 3.27. The number of aryl methyl sites for hydroxylation is 6. The fourth-order valence-electron chi connectivity index (χ4n) is 6.18. The van der Waals surface area contributed by atoms with Crippen LogP contribution >= 0.6 is 0 Å². The van der Waals surface area contributed by atoms with E-state index in [-0.39, 0.29) is 35.6 Å². The summed E-state index contributed by atoms with van der Waals surface area (Å²) in [4.78, 5) is 13.5. The molecule has 1 saturated heterocycles. The molecule has 0 amide bonds. The number of benzene rings is 2. The fourth-order valence-corrected chi connectivity index (χ4v) is 6.18. The summed E-state index contributed by atoms with van der Waals surface area (Å²) in [5, 5.41) is 11.3. The van der Waals surface area contributed by atoms with Gasteiger partial charge in [0.15, 0.2) is 5.78 Å². The predicted molar refractivity (Wildman–Crippen MR) is 119 cm³/mol. The van der Waals surface area contributed by atoms with Crippen LogP contribution in [-0.2, 0) is 9.53 Å². The molecule has 4 atom stereocenters. The van der Waals surface area contributed by atoms with Gasteiger partial charge < -0.3 is 9.84 Å². The largest absolute Gasteiger partial charge is 0.511 e. The molecule has 3 aliphatic rings. The van der Waals surface area contributed by atoms with Crippen LogP contribution in [0.5, 0.6) is 0 Å². The Hall–Kier alpha value is -2.65. The third kappa shape index (κ3) is 2.51. The Morgan fingerprint density at radius 2 is 1.27 bits per heavy atom. The number of allylic oxidation sites excluding steroid dienone is 1. The molecule has 2 heterocycles. The summed E-state index contributed by atoms with van der Waals surface area (Å²) in [6, 6.07) is 8.54. The summed E-state index contributed by atoms with van der Waals surface area (Å²) in [7, 11) is 0. The van der Waals surface area contributed by atoms with Crippen LogP contribution in [0.25, 0.3) is 11.1 Å². The van der Waals surface area contributed by atoms with Crippen molar-refractivity contribution in [1.82, 2.24) is 0 Å². The molecule has 3 heteroatoms. The molecule has 5 rings (SSSR count). The number of hydrogen-bond acceptors (Lipinski definition) is 3. The second kappa shape index (κ2) is 6.42. The molecule has 1 fully saturated rings. The van der Waals surface area contributed by atoms with Crippen molar-refractivity contribution in [3.05, 3.63) is 80.6 Å². The summed E-state index contributed by atoms with van der Waals surface area (Å²) in [5.74, 6) is -0.383. The van der Waals surface area contributed by atoms with Gasteiger partial charge in [-0.2, -0.15) is 0 Å². The molecule has 0 saturated carbocycles. The first kappa shape index (κ1) is 19.3. The highest BCUT2D eigenvalue weighted by Gasteiger charge is 2.60. The highest BCUT2D eigenvalue weighted by Crippen LogP contribution is 2.56. The van der Waals surface area contributed by atoms with Gasteiger partial charge in [-0.1, -0.05) is 35.4 Å². The molecule has 1 N–H and O–H groups in total. The molecule has 3 nitrogen and oxygen atoms in total. The van der Waals surface area contributed by atoms with Gasteiger partial charge in [0.2, 0.25) is 0 Å². The quantitative estimate of drug-likeness (QED) is 0.725. The Labute approximate surface area is 178 Å². The first-order valence-electron chi connectivity index (χ1n) is 10.7. The van der Waals surface area contributed by atoms with E-state index in [9.17, 15) is 9.90 Å². The van der Waals surface area contributed by atoms with Gasteiger partial charge in [0.25, 0.3) is 0 Å². The van der Waals surface area contributed by atoms with Crippen molar-refractivity contribution < 1.29 is 14.6 Å². The van der Waals surface area contributed by atoms with Crippen LogP contribution in [0.1, 0.15) is 44.5 Å². The van der Waals surface area contributed by atoms with E-state index in [2.05, 4.69) is 58.0 Å². The van der Waals surface area contributed by atoms with Crippen LogP contribution in [-0.4, -0.2) is 23.1 Å². The van der Waals surface area contributed by atoms with Gasteiger partial charge in [0.05, 0.1) is 29.6 Å². The van der Waals surface area contributed by atoms with Gasteiger partial charge in [-0.3, -0.25) is 4.79 Å². The van der Waals surface area contributed by atoms with Crippen molar-refractivity contribution >= 4 is 16.9 Å². The van der Waals surface area contributed by atoms with Crippen molar-refractivity contribution in [2.24, 2.45) is 11.8 Å². The molecule has 0 spiro atoms. The van der Waals surface area contributed by atoms with Crippen molar-refractivity contribution in [2.75, 3.05) is 0 Å². The van der Waals surface area contributed by atoms with E-state index in [0.29, 0.717) is 5.57 Å². The van der Waals surface area contributed by atoms with Crippen LogP contribution in [0.4, 0.5) is 0 Å². The minimum Gasteiger partial charge on any atom is -0.511 e. The highest BCUT2D eigenvalue weighted by molar-refractivity contribution is 6.26. The highest BCUT2D eigenvalue weighted by atomic mass is 16.5. The second-order valence-electron chi connectivity index (χ2n) is 9.37. The van der Waals surface area contributed by atoms with Crippen molar-refractivity contribution in [3.8, 4) is 0 Å². The topological polar surface area (TPSA) is 46.5 Å². The monoisotopic (exact) mass is 400 g/mol.